The molecule has 0 spiro atoms. The van der Waals surface area contributed by atoms with Gasteiger partial charge in [0, 0.05) is 24.2 Å². The Balaban J connectivity index is 0.867. The van der Waals surface area contributed by atoms with Crippen molar-refractivity contribution in [1.29, 1.82) is 10.8 Å². The number of nitrogen functional groups attached to an aromatic ring is 2. The first-order valence-electron chi connectivity index (χ1n) is 17.1. The number of amidine groups is 2. The molecule has 4 aromatic rings. The summed E-state index contributed by atoms with van der Waals surface area (Å²) < 4.78 is 11.8. The van der Waals surface area contributed by atoms with E-state index in [0.717, 1.165) is 47.6 Å². The van der Waals surface area contributed by atoms with Gasteiger partial charge in [-0.3, -0.25) is 20.6 Å². The SMILES string of the molecule is N=C(N)c1ccc(OCc2ccc(CN3CCC(C4CCN(Cc5ccc(COc6ccc(C(=N)N)cc6)cc5)CC4)CC3)cc2)cc1. The Bertz CT molecular complexity index is 1500. The number of benzene rings is 4. The molecule has 4 aromatic carbocycles. The lowest BCUT2D eigenvalue weighted by atomic mass is 9.78. The maximum Gasteiger partial charge on any atom is 0.122 e. The number of nitrogens with one attached hydrogen (secondary N) is 2. The van der Waals surface area contributed by atoms with Gasteiger partial charge in [-0.1, -0.05) is 48.5 Å². The first-order chi connectivity index (χ1) is 23.4. The summed E-state index contributed by atoms with van der Waals surface area (Å²) in [6, 6.07) is 32.3. The minimum Gasteiger partial charge on any atom is -0.489 e. The van der Waals surface area contributed by atoms with Crippen LogP contribution in [0, 0.1) is 22.7 Å². The number of nitrogens with two attached hydrogens (primary N) is 2. The Labute approximate surface area is 284 Å². The third-order valence-corrected chi connectivity index (χ3v) is 9.93. The summed E-state index contributed by atoms with van der Waals surface area (Å²) in [6.45, 7) is 7.81. The van der Waals surface area contributed by atoms with Gasteiger partial charge < -0.3 is 20.9 Å². The number of likely N-dealkylation sites (tertiary alicyclic amines) is 2. The fraction of sp³-hybridized carbons (Fsp3) is 0.350. The quantitative estimate of drug-likeness (QED) is 0.0968. The number of hydrogen-bond donors (Lipinski definition) is 4. The first kappa shape index (κ1) is 33.2. The van der Waals surface area contributed by atoms with Gasteiger partial charge in [-0.05, 0) is 134 Å². The van der Waals surface area contributed by atoms with Crippen molar-refractivity contribution < 1.29 is 9.47 Å². The molecule has 2 aliphatic heterocycles. The number of ether oxygens (including phenoxy) is 2. The van der Waals surface area contributed by atoms with Crippen LogP contribution in [-0.2, 0) is 26.3 Å². The van der Waals surface area contributed by atoms with Gasteiger partial charge in [0.25, 0.3) is 0 Å². The van der Waals surface area contributed by atoms with Crippen LogP contribution < -0.4 is 20.9 Å². The summed E-state index contributed by atoms with van der Waals surface area (Å²) in [5.74, 6) is 3.40. The van der Waals surface area contributed by atoms with Gasteiger partial charge in [-0.25, -0.2) is 0 Å². The molecule has 6 N–H and O–H groups in total. The molecule has 48 heavy (non-hydrogen) atoms. The summed E-state index contributed by atoms with van der Waals surface area (Å²) in [6.07, 6.45) is 5.24. The van der Waals surface area contributed by atoms with Gasteiger partial charge in [0.15, 0.2) is 0 Å². The molecule has 250 valence electrons. The molecule has 6 rings (SSSR count). The van der Waals surface area contributed by atoms with E-state index in [4.69, 9.17) is 31.8 Å². The van der Waals surface area contributed by atoms with E-state index in [2.05, 4.69) is 58.3 Å². The average molecular weight is 645 g/mol. The molecule has 0 atom stereocenters. The van der Waals surface area contributed by atoms with E-state index < -0.39 is 0 Å². The summed E-state index contributed by atoms with van der Waals surface area (Å²) in [5.41, 5.74) is 17.5. The van der Waals surface area contributed by atoms with E-state index in [1.807, 2.05) is 48.5 Å². The van der Waals surface area contributed by atoms with E-state index >= 15 is 0 Å². The summed E-state index contributed by atoms with van der Waals surface area (Å²) in [4.78, 5) is 5.24. The molecule has 0 bridgehead atoms. The van der Waals surface area contributed by atoms with Crippen molar-refractivity contribution in [3.63, 3.8) is 0 Å². The monoisotopic (exact) mass is 644 g/mol. The Morgan fingerprint density at radius 3 is 1.12 bits per heavy atom. The molecule has 8 heteroatoms. The zero-order valence-electron chi connectivity index (χ0n) is 27.7. The topological polar surface area (TPSA) is 125 Å². The van der Waals surface area contributed by atoms with Gasteiger partial charge >= 0.3 is 0 Å². The molecule has 0 amide bonds. The molecule has 2 fully saturated rings. The van der Waals surface area contributed by atoms with E-state index in [0.29, 0.717) is 24.3 Å². The van der Waals surface area contributed by atoms with Gasteiger partial charge in [0.2, 0.25) is 0 Å². The van der Waals surface area contributed by atoms with Crippen LogP contribution in [0.4, 0.5) is 0 Å². The van der Waals surface area contributed by atoms with Crippen LogP contribution >= 0.6 is 0 Å². The normalized spacial score (nSPS) is 16.4. The lowest BCUT2D eigenvalue weighted by Gasteiger charge is -2.40. The molecule has 2 heterocycles. The minimum atomic E-state index is 0.0667. The van der Waals surface area contributed by atoms with Crippen LogP contribution in [0.3, 0.4) is 0 Å². The highest BCUT2D eigenvalue weighted by Crippen LogP contribution is 2.33. The van der Waals surface area contributed by atoms with Gasteiger partial charge in [0.05, 0.1) is 0 Å². The minimum absolute atomic E-state index is 0.0667. The largest absolute Gasteiger partial charge is 0.489 e. The Morgan fingerprint density at radius 2 is 0.812 bits per heavy atom. The third kappa shape index (κ3) is 9.24. The van der Waals surface area contributed by atoms with Gasteiger partial charge in [-0.2, -0.15) is 0 Å². The fourth-order valence-corrected chi connectivity index (χ4v) is 6.96. The average Bonchev–Trinajstić information content (AvgIpc) is 3.12. The van der Waals surface area contributed by atoms with E-state index in [1.165, 1.54) is 63.0 Å². The summed E-state index contributed by atoms with van der Waals surface area (Å²) >= 11 is 0. The van der Waals surface area contributed by atoms with Crippen molar-refractivity contribution in [2.24, 2.45) is 23.3 Å². The number of piperidine rings is 2. The number of hydrogen-bond acceptors (Lipinski definition) is 6. The molecule has 0 saturated carbocycles. The predicted octanol–water partition coefficient (Wildman–Crippen LogP) is 6.54. The molecule has 0 unspecified atom stereocenters. The molecule has 0 radical (unpaired) electrons. The van der Waals surface area contributed by atoms with E-state index in [1.54, 1.807) is 0 Å². The maximum atomic E-state index is 7.51. The zero-order valence-corrected chi connectivity index (χ0v) is 27.7. The standard InChI is InChI=1S/C40H48N6O2/c41-39(42)35-9-13-37(14-10-35)47-27-31-5-1-29(2-6-31)25-45-21-17-33(18-22-45)34-19-23-46(24-20-34)26-30-3-7-32(8-4-30)28-48-38-15-11-36(12-16-38)40(43)44/h1-16,33-34H,17-28H2,(H3,41,42)(H3,43,44). The zero-order chi connectivity index (χ0) is 33.3. The van der Waals surface area contributed by atoms with Gasteiger partial charge in [0.1, 0.15) is 36.4 Å². The fourth-order valence-electron chi connectivity index (χ4n) is 6.96. The summed E-state index contributed by atoms with van der Waals surface area (Å²) in [7, 11) is 0. The van der Waals surface area contributed by atoms with Crippen molar-refractivity contribution in [2.45, 2.75) is 52.0 Å². The molecule has 8 nitrogen and oxygen atoms in total. The lowest BCUT2D eigenvalue weighted by molar-refractivity contribution is 0.0910. The molecule has 2 saturated heterocycles. The second-order valence-electron chi connectivity index (χ2n) is 13.3. The lowest BCUT2D eigenvalue weighted by Crippen LogP contribution is -2.40. The smallest absolute Gasteiger partial charge is 0.122 e. The molecule has 0 aliphatic carbocycles. The first-order valence-corrected chi connectivity index (χ1v) is 17.1. The second kappa shape index (κ2) is 16.0. The Kier molecular flexibility index (Phi) is 11.1. The highest BCUT2D eigenvalue weighted by Gasteiger charge is 2.29. The number of nitrogens with zero attached hydrogens (tertiary/aromatic N) is 2. The van der Waals surface area contributed by atoms with Crippen LogP contribution in [0.25, 0.3) is 0 Å². The predicted molar refractivity (Wildman–Crippen MR) is 192 cm³/mol. The third-order valence-electron chi connectivity index (χ3n) is 9.93. The van der Waals surface area contributed by atoms with Crippen molar-refractivity contribution in [1.82, 2.24) is 9.80 Å². The second-order valence-corrected chi connectivity index (χ2v) is 13.3. The highest BCUT2D eigenvalue weighted by atomic mass is 16.5. The van der Waals surface area contributed by atoms with Crippen molar-refractivity contribution >= 4 is 11.7 Å². The van der Waals surface area contributed by atoms with Crippen molar-refractivity contribution in [2.75, 3.05) is 26.2 Å². The van der Waals surface area contributed by atoms with Crippen LogP contribution in [0.5, 0.6) is 11.5 Å². The summed E-state index contributed by atoms with van der Waals surface area (Å²) in [5, 5.41) is 15.0. The Morgan fingerprint density at radius 1 is 0.500 bits per heavy atom. The van der Waals surface area contributed by atoms with Crippen LogP contribution in [0.1, 0.15) is 59.1 Å². The van der Waals surface area contributed by atoms with Crippen molar-refractivity contribution in [3.8, 4) is 11.5 Å². The van der Waals surface area contributed by atoms with E-state index in [-0.39, 0.29) is 11.7 Å². The molecule has 2 aliphatic rings. The molecular weight excluding hydrogens is 596 g/mol. The molecule has 0 aromatic heterocycles. The van der Waals surface area contributed by atoms with Crippen molar-refractivity contribution in [3.05, 3.63) is 130 Å². The number of rotatable bonds is 13. The molecular formula is C40H48N6O2. The van der Waals surface area contributed by atoms with Crippen LogP contribution in [0.2, 0.25) is 0 Å². The van der Waals surface area contributed by atoms with E-state index in [9.17, 15) is 0 Å². The Hall–Kier alpha value is -4.66. The maximum absolute atomic E-state index is 7.51. The van der Waals surface area contributed by atoms with Gasteiger partial charge in [-0.15, -0.1) is 0 Å². The van der Waals surface area contributed by atoms with Crippen LogP contribution in [0.15, 0.2) is 97.1 Å². The highest BCUT2D eigenvalue weighted by molar-refractivity contribution is 5.95. The van der Waals surface area contributed by atoms with Crippen LogP contribution in [-0.4, -0.2) is 47.7 Å².